The Labute approximate surface area is 93.5 Å². The minimum absolute atomic E-state index is 0.131. The van der Waals surface area contributed by atoms with E-state index < -0.39 is 0 Å². The molecule has 0 unspecified atom stereocenters. The molecule has 0 N–H and O–H groups in total. The van der Waals surface area contributed by atoms with Gasteiger partial charge in [0.25, 0.3) is 0 Å². The zero-order valence-electron chi connectivity index (χ0n) is 9.27. The van der Waals surface area contributed by atoms with Gasteiger partial charge in [0, 0.05) is 6.20 Å². The Morgan fingerprint density at radius 3 is 2.73 bits per heavy atom. The van der Waals surface area contributed by atoms with Crippen molar-refractivity contribution in [3.63, 3.8) is 0 Å². The summed E-state index contributed by atoms with van der Waals surface area (Å²) in [6, 6.07) is 0. The lowest BCUT2D eigenvalue weighted by atomic mass is 10.3. The van der Waals surface area contributed by atoms with Crippen LogP contribution in [0.5, 0.6) is 0 Å². The summed E-state index contributed by atoms with van der Waals surface area (Å²) in [5.41, 5.74) is 0.432. The molecule has 4 nitrogen and oxygen atoms in total. The second kappa shape index (κ2) is 5.11. The standard InChI is InChI=1S/C10H14N2O2S/c1-6(2)14-10(13)8-5-11-7(3)12-9(8)15-4/h5-6H,1-4H3. The van der Waals surface area contributed by atoms with Crippen molar-refractivity contribution in [3.05, 3.63) is 17.6 Å². The molecule has 0 saturated carbocycles. The van der Waals surface area contributed by atoms with Crippen LogP contribution < -0.4 is 0 Å². The number of ether oxygens (including phenoxy) is 1. The maximum Gasteiger partial charge on any atom is 0.342 e. The van der Waals surface area contributed by atoms with Gasteiger partial charge in [-0.1, -0.05) is 0 Å². The molecule has 1 rings (SSSR count). The molecule has 0 aliphatic rings. The van der Waals surface area contributed by atoms with Crippen LogP contribution in [0.3, 0.4) is 0 Å². The van der Waals surface area contributed by atoms with Crippen LogP contribution in [0.2, 0.25) is 0 Å². The van der Waals surface area contributed by atoms with Crippen molar-refractivity contribution in [1.29, 1.82) is 0 Å². The van der Waals surface area contributed by atoms with Crippen molar-refractivity contribution in [2.24, 2.45) is 0 Å². The number of aryl methyl sites for hydroxylation is 1. The zero-order chi connectivity index (χ0) is 11.4. The highest BCUT2D eigenvalue weighted by atomic mass is 32.2. The lowest BCUT2D eigenvalue weighted by molar-refractivity contribution is 0.0372. The maximum atomic E-state index is 11.6. The van der Waals surface area contributed by atoms with Gasteiger partial charge >= 0.3 is 5.97 Å². The topological polar surface area (TPSA) is 52.1 Å². The lowest BCUT2D eigenvalue weighted by Gasteiger charge is -2.09. The van der Waals surface area contributed by atoms with Gasteiger partial charge in [0.2, 0.25) is 0 Å². The van der Waals surface area contributed by atoms with E-state index in [2.05, 4.69) is 9.97 Å². The normalized spacial score (nSPS) is 10.5. The molecule has 0 aliphatic heterocycles. The van der Waals surface area contributed by atoms with Crippen LogP contribution >= 0.6 is 11.8 Å². The number of esters is 1. The van der Waals surface area contributed by atoms with Gasteiger partial charge in [-0.25, -0.2) is 14.8 Å². The number of aromatic nitrogens is 2. The van der Waals surface area contributed by atoms with Gasteiger partial charge in [-0.3, -0.25) is 0 Å². The first-order valence-corrected chi connectivity index (χ1v) is 5.85. The number of hydrogen-bond donors (Lipinski definition) is 0. The number of hydrogen-bond acceptors (Lipinski definition) is 5. The fourth-order valence-electron chi connectivity index (χ4n) is 1.02. The zero-order valence-corrected chi connectivity index (χ0v) is 10.1. The fraction of sp³-hybridized carbons (Fsp3) is 0.500. The number of nitrogens with zero attached hydrogens (tertiary/aromatic N) is 2. The Morgan fingerprint density at radius 1 is 1.53 bits per heavy atom. The summed E-state index contributed by atoms with van der Waals surface area (Å²) < 4.78 is 5.09. The Bertz CT molecular complexity index is 366. The van der Waals surface area contributed by atoms with Gasteiger partial charge in [0.1, 0.15) is 16.4 Å². The van der Waals surface area contributed by atoms with E-state index in [9.17, 15) is 4.79 Å². The van der Waals surface area contributed by atoms with E-state index in [0.717, 1.165) is 0 Å². The van der Waals surface area contributed by atoms with Gasteiger partial charge < -0.3 is 4.74 Å². The summed E-state index contributed by atoms with van der Waals surface area (Å²) in [5.74, 6) is 0.287. The molecule has 5 heteroatoms. The van der Waals surface area contributed by atoms with Gasteiger partial charge in [-0.05, 0) is 27.0 Å². The van der Waals surface area contributed by atoms with Crippen LogP contribution in [0.15, 0.2) is 11.2 Å². The molecule has 0 aromatic carbocycles. The summed E-state index contributed by atoms with van der Waals surface area (Å²) in [4.78, 5) is 19.8. The third-order valence-electron chi connectivity index (χ3n) is 1.63. The number of carbonyl (C=O) groups excluding carboxylic acids is 1. The first kappa shape index (κ1) is 12.0. The summed E-state index contributed by atoms with van der Waals surface area (Å²) in [6.07, 6.45) is 3.25. The minimum atomic E-state index is -0.366. The number of carbonyl (C=O) groups is 1. The molecule has 0 fully saturated rings. The third kappa shape index (κ3) is 3.20. The smallest absolute Gasteiger partial charge is 0.342 e. The van der Waals surface area contributed by atoms with Crippen molar-refractivity contribution in [3.8, 4) is 0 Å². The Hall–Kier alpha value is -1.10. The molecule has 0 atom stereocenters. The van der Waals surface area contributed by atoms with Crippen LogP contribution in [0.4, 0.5) is 0 Å². The first-order valence-electron chi connectivity index (χ1n) is 4.63. The monoisotopic (exact) mass is 226 g/mol. The predicted molar refractivity (Wildman–Crippen MR) is 59.1 cm³/mol. The first-order chi connectivity index (χ1) is 7.04. The van der Waals surface area contributed by atoms with E-state index >= 15 is 0 Å². The highest BCUT2D eigenvalue weighted by Gasteiger charge is 2.15. The second-order valence-electron chi connectivity index (χ2n) is 3.29. The third-order valence-corrected chi connectivity index (χ3v) is 2.33. The largest absolute Gasteiger partial charge is 0.459 e. The highest BCUT2D eigenvalue weighted by molar-refractivity contribution is 7.98. The van der Waals surface area contributed by atoms with Crippen LogP contribution in [-0.4, -0.2) is 28.3 Å². The molecule has 1 aromatic rings. The summed E-state index contributed by atoms with van der Waals surface area (Å²) >= 11 is 1.41. The average Bonchev–Trinajstić information content (AvgIpc) is 2.16. The van der Waals surface area contributed by atoms with E-state index in [1.165, 1.54) is 18.0 Å². The fourth-order valence-corrected chi connectivity index (χ4v) is 1.60. The van der Waals surface area contributed by atoms with Crippen molar-refractivity contribution in [2.75, 3.05) is 6.26 Å². The van der Waals surface area contributed by atoms with Crippen molar-refractivity contribution in [2.45, 2.75) is 31.9 Å². The Kier molecular flexibility index (Phi) is 4.08. The molecule has 82 valence electrons. The highest BCUT2D eigenvalue weighted by Crippen LogP contribution is 2.18. The van der Waals surface area contributed by atoms with Gasteiger partial charge in [0.05, 0.1) is 6.10 Å². The van der Waals surface area contributed by atoms with E-state index in [1.54, 1.807) is 6.92 Å². The predicted octanol–water partition coefficient (Wildman–Crippen LogP) is 2.07. The average molecular weight is 226 g/mol. The van der Waals surface area contributed by atoms with Crippen LogP contribution in [0, 0.1) is 6.92 Å². The van der Waals surface area contributed by atoms with Crippen molar-refractivity contribution in [1.82, 2.24) is 9.97 Å². The van der Waals surface area contributed by atoms with Crippen LogP contribution in [-0.2, 0) is 4.74 Å². The van der Waals surface area contributed by atoms with E-state index in [-0.39, 0.29) is 12.1 Å². The number of thioether (sulfide) groups is 1. The van der Waals surface area contributed by atoms with Crippen molar-refractivity contribution >= 4 is 17.7 Å². The molecule has 0 spiro atoms. The molecule has 1 aromatic heterocycles. The molecule has 0 radical (unpaired) electrons. The molecular formula is C10H14N2O2S. The maximum absolute atomic E-state index is 11.6. The van der Waals surface area contributed by atoms with Gasteiger partial charge in [-0.2, -0.15) is 0 Å². The molecule has 1 heterocycles. The Balaban J connectivity index is 2.97. The van der Waals surface area contributed by atoms with Crippen LogP contribution in [0.1, 0.15) is 30.0 Å². The molecular weight excluding hydrogens is 212 g/mol. The molecule has 0 bridgehead atoms. The summed E-state index contributed by atoms with van der Waals surface area (Å²) in [7, 11) is 0. The van der Waals surface area contributed by atoms with Crippen LogP contribution in [0.25, 0.3) is 0 Å². The molecule has 0 saturated heterocycles. The van der Waals surface area contributed by atoms with Gasteiger partial charge in [0.15, 0.2) is 0 Å². The Morgan fingerprint density at radius 2 is 2.20 bits per heavy atom. The van der Waals surface area contributed by atoms with Gasteiger partial charge in [-0.15, -0.1) is 11.8 Å². The lowest BCUT2D eigenvalue weighted by Crippen LogP contribution is -2.13. The summed E-state index contributed by atoms with van der Waals surface area (Å²) in [6.45, 7) is 5.41. The van der Waals surface area contributed by atoms with Crippen molar-refractivity contribution < 1.29 is 9.53 Å². The summed E-state index contributed by atoms with van der Waals surface area (Å²) in [5, 5.41) is 0.660. The van der Waals surface area contributed by atoms with E-state index in [1.807, 2.05) is 20.1 Å². The number of rotatable bonds is 3. The quantitative estimate of drug-likeness (QED) is 0.448. The molecule has 15 heavy (non-hydrogen) atoms. The SMILES string of the molecule is CSc1nc(C)ncc1C(=O)OC(C)C. The molecule has 0 amide bonds. The molecule has 0 aliphatic carbocycles. The van der Waals surface area contributed by atoms with E-state index in [0.29, 0.717) is 16.4 Å². The second-order valence-corrected chi connectivity index (χ2v) is 4.09. The van der Waals surface area contributed by atoms with E-state index in [4.69, 9.17) is 4.74 Å². The minimum Gasteiger partial charge on any atom is -0.459 e.